The van der Waals surface area contributed by atoms with Crippen LogP contribution in [0, 0.1) is 25.7 Å². The zero-order chi connectivity index (χ0) is 20.5. The summed E-state index contributed by atoms with van der Waals surface area (Å²) < 4.78 is 10.4. The Morgan fingerprint density at radius 2 is 1.00 bits per heavy atom. The fourth-order valence-electron chi connectivity index (χ4n) is 2.24. The van der Waals surface area contributed by atoms with Crippen molar-refractivity contribution in [3.63, 3.8) is 0 Å². The first-order valence-corrected chi connectivity index (χ1v) is 8.77. The van der Waals surface area contributed by atoms with E-state index in [4.69, 9.17) is 9.47 Å². The molecule has 0 radical (unpaired) electrons. The normalized spacial score (nSPS) is 11.3. The summed E-state index contributed by atoms with van der Waals surface area (Å²) in [5, 5.41) is 0. The number of carbonyl (C=O) groups excluding carboxylic acids is 2. The lowest BCUT2D eigenvalue weighted by Gasteiger charge is -2.03. The zero-order valence-corrected chi connectivity index (χ0v) is 16.4. The van der Waals surface area contributed by atoms with E-state index in [9.17, 15) is 9.59 Å². The summed E-state index contributed by atoms with van der Waals surface area (Å²) in [7, 11) is 0. The maximum Gasteiger partial charge on any atom is 0.308 e. The van der Waals surface area contributed by atoms with Crippen molar-refractivity contribution in [3.05, 3.63) is 82.3 Å². The van der Waals surface area contributed by atoms with Crippen molar-refractivity contribution in [1.82, 2.24) is 0 Å². The number of rotatable bonds is 4. The number of hydrogen-bond donors (Lipinski definition) is 0. The van der Waals surface area contributed by atoms with E-state index in [1.54, 1.807) is 12.2 Å². The largest absolute Gasteiger partial charge is 0.417 e. The van der Waals surface area contributed by atoms with Gasteiger partial charge in [-0.05, 0) is 49.0 Å². The molecule has 0 atom stereocenters. The van der Waals surface area contributed by atoms with Crippen LogP contribution in [0.3, 0.4) is 0 Å². The van der Waals surface area contributed by atoms with Gasteiger partial charge in [0.2, 0.25) is 0 Å². The van der Waals surface area contributed by atoms with Crippen molar-refractivity contribution in [1.29, 1.82) is 0 Å². The highest BCUT2D eigenvalue weighted by atomic mass is 16.5. The number of allylic oxidation sites excluding steroid dienone is 2. The molecule has 0 N–H and O–H groups in total. The predicted molar refractivity (Wildman–Crippen MR) is 110 cm³/mol. The minimum Gasteiger partial charge on any atom is -0.417 e. The zero-order valence-electron chi connectivity index (χ0n) is 16.4. The van der Waals surface area contributed by atoms with Gasteiger partial charge in [0.1, 0.15) is 0 Å². The van der Waals surface area contributed by atoms with Gasteiger partial charge in [-0.1, -0.05) is 59.7 Å². The smallest absolute Gasteiger partial charge is 0.308 e. The second-order valence-electron chi connectivity index (χ2n) is 6.28. The molecule has 0 saturated heterocycles. The van der Waals surface area contributed by atoms with Crippen LogP contribution in [0.1, 0.15) is 36.1 Å². The second kappa shape index (κ2) is 9.94. The monoisotopic (exact) mass is 374 g/mol. The second-order valence-corrected chi connectivity index (χ2v) is 6.28. The lowest BCUT2D eigenvalue weighted by Crippen LogP contribution is -1.99. The molecule has 2 rings (SSSR count). The highest BCUT2D eigenvalue weighted by Crippen LogP contribution is 2.12. The van der Waals surface area contributed by atoms with E-state index in [1.807, 2.05) is 62.4 Å². The molecule has 0 aromatic heterocycles. The van der Waals surface area contributed by atoms with Crippen LogP contribution in [-0.4, -0.2) is 11.9 Å². The van der Waals surface area contributed by atoms with E-state index in [0.717, 1.165) is 22.3 Å². The highest BCUT2D eigenvalue weighted by molar-refractivity contribution is 5.72. The van der Waals surface area contributed by atoms with Crippen LogP contribution in [0.5, 0.6) is 0 Å². The number of hydrogen-bond acceptors (Lipinski definition) is 4. The van der Waals surface area contributed by atoms with Gasteiger partial charge in [0.05, 0.1) is 0 Å². The summed E-state index contributed by atoms with van der Waals surface area (Å²) in [4.78, 5) is 22.8. The van der Waals surface area contributed by atoms with Crippen molar-refractivity contribution in [2.24, 2.45) is 0 Å². The van der Waals surface area contributed by atoms with Crippen molar-refractivity contribution >= 4 is 24.1 Å². The van der Waals surface area contributed by atoms with E-state index in [2.05, 4.69) is 11.8 Å². The van der Waals surface area contributed by atoms with Crippen LogP contribution in [0.2, 0.25) is 0 Å². The van der Waals surface area contributed by atoms with Gasteiger partial charge in [0.25, 0.3) is 0 Å². The molecule has 4 nitrogen and oxygen atoms in total. The topological polar surface area (TPSA) is 52.6 Å². The molecule has 4 heteroatoms. The first kappa shape index (κ1) is 20.7. The van der Waals surface area contributed by atoms with Crippen LogP contribution >= 0.6 is 0 Å². The first-order valence-electron chi connectivity index (χ1n) is 8.77. The molecule has 0 spiro atoms. The molecule has 0 bridgehead atoms. The minimum absolute atomic E-state index is 0.165. The average molecular weight is 374 g/mol. The summed E-state index contributed by atoms with van der Waals surface area (Å²) in [6.45, 7) is 6.59. The Morgan fingerprint density at radius 1 is 0.679 bits per heavy atom. The number of esters is 2. The third-order valence-corrected chi connectivity index (χ3v) is 3.57. The van der Waals surface area contributed by atoms with Gasteiger partial charge in [-0.25, -0.2) is 0 Å². The lowest BCUT2D eigenvalue weighted by molar-refractivity contribution is -0.137. The molecule has 0 unspecified atom stereocenters. The quantitative estimate of drug-likeness (QED) is 0.438. The van der Waals surface area contributed by atoms with Crippen molar-refractivity contribution in [3.8, 4) is 11.8 Å². The Morgan fingerprint density at radius 3 is 1.29 bits per heavy atom. The Hall–Kier alpha value is -3.58. The molecule has 0 heterocycles. The van der Waals surface area contributed by atoms with Gasteiger partial charge < -0.3 is 9.47 Å². The van der Waals surface area contributed by atoms with Crippen LogP contribution in [0.4, 0.5) is 0 Å². The summed E-state index contributed by atoms with van der Waals surface area (Å²) >= 11 is 0. The van der Waals surface area contributed by atoms with E-state index < -0.39 is 11.9 Å². The minimum atomic E-state index is -0.482. The molecule has 0 aliphatic carbocycles. The van der Waals surface area contributed by atoms with Crippen molar-refractivity contribution in [2.45, 2.75) is 27.7 Å². The SMILES string of the molecule is CC(=O)O/C(C#C/C(=C\c1ccc(C)cc1)OC(C)=O)=C/c1ccc(C)cc1. The number of aryl methyl sites for hydroxylation is 2. The maximum absolute atomic E-state index is 11.4. The van der Waals surface area contributed by atoms with E-state index >= 15 is 0 Å². The summed E-state index contributed by atoms with van der Waals surface area (Å²) in [6, 6.07) is 15.4. The third-order valence-electron chi connectivity index (χ3n) is 3.57. The fourth-order valence-corrected chi connectivity index (χ4v) is 2.24. The molecule has 0 aliphatic rings. The molecule has 2 aromatic carbocycles. The van der Waals surface area contributed by atoms with Gasteiger partial charge in [-0.2, -0.15) is 0 Å². The molecule has 0 amide bonds. The number of benzene rings is 2. The molecule has 0 saturated carbocycles. The lowest BCUT2D eigenvalue weighted by atomic mass is 10.1. The van der Waals surface area contributed by atoms with E-state index in [0.29, 0.717) is 0 Å². The molecule has 0 aliphatic heterocycles. The standard InChI is InChI=1S/C24H22O4/c1-17-5-9-21(10-6-17)15-23(27-19(3)25)13-14-24(28-20(4)26)16-22-11-7-18(2)8-12-22/h5-12,15-16H,1-4H3/b23-15+,24-16+. The average Bonchev–Trinajstić information content (AvgIpc) is 2.62. The van der Waals surface area contributed by atoms with Gasteiger partial charge in [0.15, 0.2) is 11.5 Å². The van der Waals surface area contributed by atoms with Crippen molar-refractivity contribution in [2.75, 3.05) is 0 Å². The first-order chi connectivity index (χ1) is 13.3. The van der Waals surface area contributed by atoms with Gasteiger partial charge in [0, 0.05) is 13.8 Å². The molecule has 2 aromatic rings. The van der Waals surface area contributed by atoms with Crippen LogP contribution < -0.4 is 0 Å². The van der Waals surface area contributed by atoms with Gasteiger partial charge in [-0.3, -0.25) is 9.59 Å². The Balaban J connectivity index is 2.38. The Labute approximate surface area is 165 Å². The third kappa shape index (κ3) is 7.35. The summed E-state index contributed by atoms with van der Waals surface area (Å²) in [5.41, 5.74) is 3.92. The maximum atomic E-state index is 11.4. The van der Waals surface area contributed by atoms with Gasteiger partial charge in [-0.15, -0.1) is 0 Å². The highest BCUT2D eigenvalue weighted by Gasteiger charge is 2.03. The Bertz CT molecular complexity index is 887. The van der Waals surface area contributed by atoms with E-state index in [-0.39, 0.29) is 11.5 Å². The van der Waals surface area contributed by atoms with Crippen LogP contribution in [-0.2, 0) is 19.1 Å². The molecule has 28 heavy (non-hydrogen) atoms. The van der Waals surface area contributed by atoms with E-state index in [1.165, 1.54) is 13.8 Å². The van der Waals surface area contributed by atoms with Crippen LogP contribution in [0.25, 0.3) is 12.2 Å². The van der Waals surface area contributed by atoms with Gasteiger partial charge >= 0.3 is 11.9 Å². The fraction of sp³-hybridized carbons (Fsp3) is 0.167. The molecular weight excluding hydrogens is 352 g/mol. The molecule has 0 fully saturated rings. The number of carbonyl (C=O) groups is 2. The predicted octanol–water partition coefficient (Wildman–Crippen LogP) is 4.82. The molecule has 142 valence electrons. The molecular formula is C24H22O4. The summed E-state index contributed by atoms with van der Waals surface area (Å²) in [6.07, 6.45) is 3.32. The van der Waals surface area contributed by atoms with Crippen molar-refractivity contribution < 1.29 is 19.1 Å². The Kier molecular flexibility index (Phi) is 7.36. The number of ether oxygens (including phenoxy) is 2. The van der Waals surface area contributed by atoms with Crippen LogP contribution in [0.15, 0.2) is 60.0 Å². The summed E-state index contributed by atoms with van der Waals surface area (Å²) in [5.74, 6) is 4.91.